The summed E-state index contributed by atoms with van der Waals surface area (Å²) in [5.74, 6) is -0.617. The Hall–Kier alpha value is -3.41. The van der Waals surface area contributed by atoms with Crippen molar-refractivity contribution in [3.63, 3.8) is 0 Å². The van der Waals surface area contributed by atoms with Crippen LogP contribution >= 0.6 is 0 Å². The van der Waals surface area contributed by atoms with Crippen molar-refractivity contribution in [2.75, 3.05) is 17.2 Å². The van der Waals surface area contributed by atoms with Gasteiger partial charge in [0.15, 0.2) is 0 Å². The van der Waals surface area contributed by atoms with Crippen molar-refractivity contribution in [2.24, 2.45) is 0 Å². The van der Waals surface area contributed by atoms with E-state index in [-0.39, 0.29) is 17.8 Å². The second kappa shape index (κ2) is 9.17. The summed E-state index contributed by atoms with van der Waals surface area (Å²) < 4.78 is 12.9. The Kier molecular flexibility index (Phi) is 6.68. The molecule has 3 amide bonds. The highest BCUT2D eigenvalue weighted by Crippen LogP contribution is 2.16. The van der Waals surface area contributed by atoms with Gasteiger partial charge in [-0.25, -0.2) is 9.18 Å². The summed E-state index contributed by atoms with van der Waals surface area (Å²) in [6.45, 7) is 5.67. The summed E-state index contributed by atoms with van der Waals surface area (Å²) >= 11 is 0. The monoisotopic (exact) mass is 353 g/mol. The number of hydrogen-bond donors (Lipinski definition) is 3. The van der Waals surface area contributed by atoms with Gasteiger partial charge in [0.25, 0.3) is 0 Å². The number of carbonyl (C=O) groups is 2. The van der Waals surface area contributed by atoms with Gasteiger partial charge in [-0.15, -0.1) is 6.58 Å². The molecule has 2 rings (SSSR count). The van der Waals surface area contributed by atoms with E-state index in [0.29, 0.717) is 17.9 Å². The number of amides is 3. The molecule has 0 aliphatic carbocycles. The van der Waals surface area contributed by atoms with Crippen molar-refractivity contribution in [1.29, 1.82) is 0 Å². The zero-order valence-electron chi connectivity index (χ0n) is 14.4. The van der Waals surface area contributed by atoms with E-state index in [4.69, 9.17) is 0 Å². The van der Waals surface area contributed by atoms with Crippen LogP contribution < -0.4 is 16.0 Å². The minimum Gasteiger partial charge on any atom is -0.334 e. The van der Waals surface area contributed by atoms with Gasteiger partial charge in [-0.05, 0) is 54.5 Å². The van der Waals surface area contributed by atoms with Crippen LogP contribution in [0.15, 0.2) is 67.3 Å². The van der Waals surface area contributed by atoms with E-state index >= 15 is 0 Å². The van der Waals surface area contributed by atoms with Crippen molar-refractivity contribution >= 4 is 28.9 Å². The Morgan fingerprint density at radius 3 is 2.15 bits per heavy atom. The predicted molar refractivity (Wildman–Crippen MR) is 102 cm³/mol. The zero-order valence-corrected chi connectivity index (χ0v) is 14.4. The lowest BCUT2D eigenvalue weighted by atomic mass is 10.1. The van der Waals surface area contributed by atoms with E-state index in [1.165, 1.54) is 18.2 Å². The Bertz CT molecular complexity index is 812. The molecule has 0 aromatic heterocycles. The summed E-state index contributed by atoms with van der Waals surface area (Å²) in [4.78, 5) is 23.6. The number of halogens is 1. The summed E-state index contributed by atoms with van der Waals surface area (Å²) in [6.07, 6.45) is 3.03. The topological polar surface area (TPSA) is 70.2 Å². The predicted octanol–water partition coefficient (Wildman–Crippen LogP) is 4.18. The number of benzene rings is 2. The van der Waals surface area contributed by atoms with Crippen LogP contribution in [0.3, 0.4) is 0 Å². The zero-order chi connectivity index (χ0) is 18.9. The molecule has 0 radical (unpaired) electrons. The molecular weight excluding hydrogens is 333 g/mol. The summed E-state index contributed by atoms with van der Waals surface area (Å²) in [7, 11) is 0. The van der Waals surface area contributed by atoms with Gasteiger partial charge in [0.1, 0.15) is 5.82 Å². The minimum absolute atomic E-state index is 0.295. The lowest BCUT2D eigenvalue weighted by molar-refractivity contribution is -0.111. The van der Waals surface area contributed by atoms with Crippen LogP contribution in [0, 0.1) is 5.82 Å². The first kappa shape index (κ1) is 18.9. The normalized spacial score (nSPS) is 10.8. The quantitative estimate of drug-likeness (QED) is 0.539. The molecule has 0 unspecified atom stereocenters. The molecule has 6 heteroatoms. The maximum absolute atomic E-state index is 12.9. The lowest BCUT2D eigenvalue weighted by Crippen LogP contribution is -2.28. The van der Waals surface area contributed by atoms with Crippen molar-refractivity contribution < 1.29 is 14.0 Å². The maximum atomic E-state index is 12.9. The fourth-order valence-corrected chi connectivity index (χ4v) is 2.15. The van der Waals surface area contributed by atoms with E-state index in [0.717, 1.165) is 11.1 Å². The van der Waals surface area contributed by atoms with Gasteiger partial charge in [-0.2, -0.15) is 0 Å². The van der Waals surface area contributed by atoms with E-state index < -0.39 is 0 Å². The Balaban J connectivity index is 1.94. The van der Waals surface area contributed by atoms with Crippen LogP contribution in [-0.4, -0.2) is 18.5 Å². The Morgan fingerprint density at radius 2 is 1.58 bits per heavy atom. The molecule has 0 saturated carbocycles. The maximum Gasteiger partial charge on any atom is 0.319 e. The second-order valence-corrected chi connectivity index (χ2v) is 5.52. The highest BCUT2D eigenvalue weighted by atomic mass is 19.1. The third kappa shape index (κ3) is 5.90. The molecule has 3 N–H and O–H groups in total. The van der Waals surface area contributed by atoms with E-state index in [1.807, 2.05) is 0 Å². The highest BCUT2D eigenvalue weighted by molar-refractivity contribution is 6.04. The minimum atomic E-state index is -0.334. The molecule has 0 atom stereocenters. The third-order valence-corrected chi connectivity index (χ3v) is 3.46. The van der Waals surface area contributed by atoms with Gasteiger partial charge >= 0.3 is 6.03 Å². The van der Waals surface area contributed by atoms with Crippen molar-refractivity contribution in [2.45, 2.75) is 6.92 Å². The number of urea groups is 1. The van der Waals surface area contributed by atoms with Gasteiger partial charge < -0.3 is 16.0 Å². The smallest absolute Gasteiger partial charge is 0.319 e. The molecule has 0 bridgehead atoms. The van der Waals surface area contributed by atoms with Gasteiger partial charge in [0.05, 0.1) is 0 Å². The molecule has 0 heterocycles. The average molecular weight is 353 g/mol. The second-order valence-electron chi connectivity index (χ2n) is 5.52. The number of rotatable bonds is 6. The van der Waals surface area contributed by atoms with Crippen LogP contribution in [0.1, 0.15) is 12.5 Å². The van der Waals surface area contributed by atoms with Crippen LogP contribution in [0.4, 0.5) is 20.6 Å². The molecule has 0 aliphatic rings. The van der Waals surface area contributed by atoms with E-state index in [2.05, 4.69) is 22.5 Å². The molecule has 0 saturated heterocycles. The Labute approximate surface area is 151 Å². The molecule has 0 aliphatic heterocycles. The van der Waals surface area contributed by atoms with Crippen LogP contribution in [0.2, 0.25) is 0 Å². The lowest BCUT2D eigenvalue weighted by Gasteiger charge is -2.08. The molecule has 5 nitrogen and oxygen atoms in total. The third-order valence-electron chi connectivity index (χ3n) is 3.46. The van der Waals surface area contributed by atoms with Crippen molar-refractivity contribution in [1.82, 2.24) is 5.32 Å². The average Bonchev–Trinajstić information content (AvgIpc) is 2.62. The number of allylic oxidation sites excluding steroid dienone is 1. The van der Waals surface area contributed by atoms with Crippen molar-refractivity contribution in [3.05, 3.63) is 78.6 Å². The fraction of sp³-hybridized carbons (Fsp3) is 0.100. The Morgan fingerprint density at radius 1 is 1.00 bits per heavy atom. The van der Waals surface area contributed by atoms with Crippen molar-refractivity contribution in [3.8, 4) is 0 Å². The number of nitrogens with one attached hydrogen (secondary N) is 3. The first-order valence-electron chi connectivity index (χ1n) is 7.99. The molecule has 0 spiro atoms. The fourth-order valence-electron chi connectivity index (χ4n) is 2.15. The number of carbonyl (C=O) groups excluding carboxylic acids is 2. The summed E-state index contributed by atoms with van der Waals surface area (Å²) in [6, 6.07) is 12.3. The molecule has 2 aromatic rings. The molecular formula is C20H20FN3O2. The standard InChI is InChI=1S/C20H20FN3O2/c1-3-12-22-20(26)24-18-10-8-17(9-11-18)23-19(25)13-14(2)15-4-6-16(21)7-5-15/h3-11,13H,1,12H2,2H3,(H,23,25)(H2,22,24,26)/b14-13-. The van der Waals surface area contributed by atoms with Crippen LogP contribution in [0.5, 0.6) is 0 Å². The molecule has 2 aromatic carbocycles. The number of anilines is 2. The number of hydrogen-bond acceptors (Lipinski definition) is 2. The van der Waals surface area contributed by atoms with Gasteiger partial charge in [0.2, 0.25) is 5.91 Å². The van der Waals surface area contributed by atoms with Gasteiger partial charge in [0, 0.05) is 24.0 Å². The van der Waals surface area contributed by atoms with E-state index in [1.54, 1.807) is 49.4 Å². The summed E-state index contributed by atoms with van der Waals surface area (Å²) in [5.41, 5.74) is 2.68. The van der Waals surface area contributed by atoms with Gasteiger partial charge in [-0.1, -0.05) is 18.2 Å². The van der Waals surface area contributed by atoms with Gasteiger partial charge in [-0.3, -0.25) is 4.79 Å². The van der Waals surface area contributed by atoms with Crippen LogP contribution in [-0.2, 0) is 4.79 Å². The van der Waals surface area contributed by atoms with Crippen LogP contribution in [0.25, 0.3) is 5.57 Å². The largest absolute Gasteiger partial charge is 0.334 e. The first-order valence-corrected chi connectivity index (χ1v) is 7.99. The first-order chi connectivity index (χ1) is 12.5. The van der Waals surface area contributed by atoms with E-state index in [9.17, 15) is 14.0 Å². The highest BCUT2D eigenvalue weighted by Gasteiger charge is 2.04. The summed E-state index contributed by atoms with van der Waals surface area (Å²) in [5, 5.41) is 8.00. The SMILES string of the molecule is C=CCNC(=O)Nc1ccc(NC(=O)/C=C(/C)c2ccc(F)cc2)cc1. The molecule has 26 heavy (non-hydrogen) atoms. The molecule has 134 valence electrons. The molecule has 0 fully saturated rings.